The molecule has 72 valence electrons. The molecule has 2 N–H and O–H groups in total. The van der Waals surface area contributed by atoms with Gasteiger partial charge in [-0.25, -0.2) is 4.98 Å². The van der Waals surface area contributed by atoms with E-state index in [0.717, 1.165) is 5.82 Å². The zero-order valence-electron chi connectivity index (χ0n) is 8.01. The van der Waals surface area contributed by atoms with Crippen LogP contribution in [0.4, 0.5) is 0 Å². The largest absolute Gasteiger partial charge is 0.308 e. The Morgan fingerprint density at radius 2 is 2.15 bits per heavy atom. The Bertz CT molecular complexity index is 249. The summed E-state index contributed by atoms with van der Waals surface area (Å²) in [7, 11) is 2.01. The minimum Gasteiger partial charge on any atom is -0.308 e. The smallest absolute Gasteiger partial charge is 0.144 e. The van der Waals surface area contributed by atoms with Crippen LogP contribution in [0.25, 0.3) is 0 Å². The minimum atomic E-state index is 0.0642. The Labute approximate surface area is 78.1 Å². The van der Waals surface area contributed by atoms with Gasteiger partial charge in [-0.2, -0.15) is 5.10 Å². The molecule has 0 aromatic carbocycles. The summed E-state index contributed by atoms with van der Waals surface area (Å²) in [6, 6.07) is 0. The number of rotatable bonds is 2. The van der Waals surface area contributed by atoms with Gasteiger partial charge in [-0.3, -0.25) is 5.10 Å². The quantitative estimate of drug-likeness (QED) is 0.718. The first kappa shape index (κ1) is 8.69. The highest BCUT2D eigenvalue weighted by Crippen LogP contribution is 2.34. The predicted molar refractivity (Wildman–Crippen MR) is 50.2 cm³/mol. The van der Waals surface area contributed by atoms with Gasteiger partial charge in [-0.1, -0.05) is 19.3 Å². The molecular formula is C9H16N4. The van der Waals surface area contributed by atoms with Crippen molar-refractivity contribution >= 4 is 0 Å². The van der Waals surface area contributed by atoms with Crippen LogP contribution in [0.1, 0.15) is 37.9 Å². The number of hydrogen-bond acceptors (Lipinski definition) is 3. The van der Waals surface area contributed by atoms with Crippen LogP contribution >= 0.6 is 0 Å². The molecule has 4 nitrogen and oxygen atoms in total. The average molecular weight is 180 g/mol. The van der Waals surface area contributed by atoms with E-state index in [-0.39, 0.29) is 5.54 Å². The van der Waals surface area contributed by atoms with Gasteiger partial charge in [0.05, 0.1) is 5.54 Å². The third-order valence-electron chi connectivity index (χ3n) is 3.05. The van der Waals surface area contributed by atoms with E-state index < -0.39 is 0 Å². The van der Waals surface area contributed by atoms with E-state index in [1.165, 1.54) is 32.1 Å². The summed E-state index contributed by atoms with van der Waals surface area (Å²) in [5.74, 6) is 0.995. The van der Waals surface area contributed by atoms with Crippen molar-refractivity contribution in [2.75, 3.05) is 7.05 Å². The maximum absolute atomic E-state index is 4.25. The van der Waals surface area contributed by atoms with Crippen molar-refractivity contribution in [3.8, 4) is 0 Å². The molecule has 1 saturated carbocycles. The first-order valence-electron chi connectivity index (χ1n) is 4.92. The highest BCUT2D eigenvalue weighted by atomic mass is 15.2. The summed E-state index contributed by atoms with van der Waals surface area (Å²) >= 11 is 0. The lowest BCUT2D eigenvalue weighted by Crippen LogP contribution is -2.42. The first-order chi connectivity index (χ1) is 6.37. The monoisotopic (exact) mass is 180 g/mol. The molecule has 13 heavy (non-hydrogen) atoms. The van der Waals surface area contributed by atoms with Gasteiger partial charge in [0.1, 0.15) is 12.2 Å². The molecule has 1 aliphatic carbocycles. The number of aromatic amines is 1. The van der Waals surface area contributed by atoms with E-state index in [4.69, 9.17) is 0 Å². The number of nitrogens with zero attached hydrogens (tertiary/aromatic N) is 2. The predicted octanol–water partition coefficient (Wildman–Crippen LogP) is 1.18. The lowest BCUT2D eigenvalue weighted by molar-refractivity contribution is 0.237. The highest BCUT2D eigenvalue weighted by molar-refractivity contribution is 5.05. The zero-order chi connectivity index (χ0) is 9.15. The number of H-pyrrole nitrogens is 1. The summed E-state index contributed by atoms with van der Waals surface area (Å²) in [5, 5.41) is 10.3. The second-order valence-electron chi connectivity index (χ2n) is 3.73. The molecule has 0 atom stereocenters. The van der Waals surface area contributed by atoms with E-state index in [1.807, 2.05) is 7.05 Å². The Morgan fingerprint density at radius 1 is 1.38 bits per heavy atom. The number of hydrogen-bond donors (Lipinski definition) is 2. The van der Waals surface area contributed by atoms with Gasteiger partial charge in [-0.05, 0) is 19.9 Å². The van der Waals surface area contributed by atoms with E-state index in [2.05, 4.69) is 20.5 Å². The van der Waals surface area contributed by atoms with Crippen LogP contribution < -0.4 is 5.32 Å². The van der Waals surface area contributed by atoms with Crippen molar-refractivity contribution < 1.29 is 0 Å². The van der Waals surface area contributed by atoms with Crippen LogP contribution in [0.15, 0.2) is 6.33 Å². The minimum absolute atomic E-state index is 0.0642. The van der Waals surface area contributed by atoms with Crippen molar-refractivity contribution in [3.05, 3.63) is 12.2 Å². The molecule has 0 spiro atoms. The van der Waals surface area contributed by atoms with Crippen LogP contribution in [-0.4, -0.2) is 22.2 Å². The number of aromatic nitrogens is 3. The van der Waals surface area contributed by atoms with Crippen LogP contribution in [0.3, 0.4) is 0 Å². The molecule has 0 saturated heterocycles. The fourth-order valence-electron chi connectivity index (χ4n) is 2.20. The van der Waals surface area contributed by atoms with Gasteiger partial charge >= 0.3 is 0 Å². The Balaban J connectivity index is 2.23. The fourth-order valence-corrected chi connectivity index (χ4v) is 2.20. The summed E-state index contributed by atoms with van der Waals surface area (Å²) in [6.07, 6.45) is 7.82. The maximum Gasteiger partial charge on any atom is 0.144 e. The summed E-state index contributed by atoms with van der Waals surface area (Å²) in [4.78, 5) is 4.25. The van der Waals surface area contributed by atoms with Crippen LogP contribution in [0, 0.1) is 0 Å². The first-order valence-corrected chi connectivity index (χ1v) is 4.92. The molecule has 1 aliphatic rings. The van der Waals surface area contributed by atoms with Crippen molar-refractivity contribution in [2.24, 2.45) is 0 Å². The number of nitrogens with one attached hydrogen (secondary N) is 2. The summed E-state index contributed by atoms with van der Waals surface area (Å²) in [6.45, 7) is 0. The second-order valence-corrected chi connectivity index (χ2v) is 3.73. The van der Waals surface area contributed by atoms with Gasteiger partial charge in [0, 0.05) is 0 Å². The van der Waals surface area contributed by atoms with Crippen molar-refractivity contribution in [1.82, 2.24) is 20.5 Å². The molecule has 1 aromatic heterocycles. The van der Waals surface area contributed by atoms with E-state index >= 15 is 0 Å². The molecule has 1 heterocycles. The standard InChI is InChI=1S/C9H16N4/c1-10-9(5-3-2-4-6-9)8-11-7-12-13-8/h7,10H,2-6H2,1H3,(H,11,12,13). The average Bonchev–Trinajstić information content (AvgIpc) is 2.72. The molecule has 0 radical (unpaired) electrons. The molecule has 0 bridgehead atoms. The lowest BCUT2D eigenvalue weighted by Gasteiger charge is -2.34. The van der Waals surface area contributed by atoms with Crippen molar-refractivity contribution in [1.29, 1.82) is 0 Å². The van der Waals surface area contributed by atoms with Crippen LogP contribution in [0.2, 0.25) is 0 Å². The molecule has 0 unspecified atom stereocenters. The van der Waals surface area contributed by atoms with E-state index in [1.54, 1.807) is 6.33 Å². The molecule has 1 fully saturated rings. The van der Waals surface area contributed by atoms with Crippen LogP contribution in [0.5, 0.6) is 0 Å². The highest BCUT2D eigenvalue weighted by Gasteiger charge is 2.34. The van der Waals surface area contributed by atoms with Gasteiger partial charge in [0.15, 0.2) is 0 Å². The second kappa shape index (κ2) is 3.46. The van der Waals surface area contributed by atoms with Crippen LogP contribution in [-0.2, 0) is 5.54 Å². The normalized spacial score (nSPS) is 21.6. The molecular weight excluding hydrogens is 164 g/mol. The van der Waals surface area contributed by atoms with E-state index in [0.29, 0.717) is 0 Å². The summed E-state index contributed by atoms with van der Waals surface area (Å²) < 4.78 is 0. The molecule has 4 heteroatoms. The van der Waals surface area contributed by atoms with Gasteiger partial charge in [-0.15, -0.1) is 0 Å². The van der Waals surface area contributed by atoms with Crippen molar-refractivity contribution in [2.45, 2.75) is 37.6 Å². The third-order valence-corrected chi connectivity index (χ3v) is 3.05. The SMILES string of the molecule is CNC1(c2ncn[nH]2)CCCCC1. The van der Waals surface area contributed by atoms with Crippen molar-refractivity contribution in [3.63, 3.8) is 0 Å². The molecule has 0 aliphatic heterocycles. The topological polar surface area (TPSA) is 53.6 Å². The third kappa shape index (κ3) is 1.46. The Kier molecular flexibility index (Phi) is 2.31. The zero-order valence-corrected chi connectivity index (χ0v) is 8.01. The summed E-state index contributed by atoms with van der Waals surface area (Å²) in [5.41, 5.74) is 0.0642. The lowest BCUT2D eigenvalue weighted by atomic mass is 9.81. The Hall–Kier alpha value is -0.900. The van der Waals surface area contributed by atoms with E-state index in [9.17, 15) is 0 Å². The maximum atomic E-state index is 4.25. The Morgan fingerprint density at radius 3 is 2.69 bits per heavy atom. The van der Waals surface area contributed by atoms with Gasteiger partial charge in [0.2, 0.25) is 0 Å². The molecule has 2 rings (SSSR count). The molecule has 1 aromatic rings. The molecule has 0 amide bonds. The van der Waals surface area contributed by atoms with Gasteiger partial charge in [0.25, 0.3) is 0 Å². The van der Waals surface area contributed by atoms with Gasteiger partial charge < -0.3 is 5.32 Å². The fraction of sp³-hybridized carbons (Fsp3) is 0.778.